The fraction of sp³-hybridized carbons (Fsp3) is 0.941. The Balaban J connectivity index is 2.09. The van der Waals surface area contributed by atoms with E-state index < -0.39 is 11.5 Å². The van der Waals surface area contributed by atoms with E-state index in [-0.39, 0.29) is 0 Å². The Morgan fingerprint density at radius 1 is 1.29 bits per heavy atom. The van der Waals surface area contributed by atoms with E-state index in [4.69, 9.17) is 0 Å². The van der Waals surface area contributed by atoms with Gasteiger partial charge >= 0.3 is 5.97 Å². The van der Waals surface area contributed by atoms with Gasteiger partial charge in [0.15, 0.2) is 0 Å². The third-order valence-electron chi connectivity index (χ3n) is 5.41. The number of likely N-dealkylation sites (N-methyl/N-ethyl adjacent to an activating group) is 1. The molecule has 2 rings (SSSR count). The molecule has 1 aliphatic heterocycles. The van der Waals surface area contributed by atoms with Gasteiger partial charge in [0.1, 0.15) is 5.54 Å². The summed E-state index contributed by atoms with van der Waals surface area (Å²) in [5.41, 5.74) is -0.689. The van der Waals surface area contributed by atoms with Crippen LogP contribution in [0.2, 0.25) is 0 Å². The Morgan fingerprint density at radius 3 is 2.76 bits per heavy atom. The van der Waals surface area contributed by atoms with Crippen LogP contribution in [0.1, 0.15) is 71.6 Å². The van der Waals surface area contributed by atoms with Crippen molar-refractivity contribution in [1.29, 1.82) is 0 Å². The van der Waals surface area contributed by atoms with Gasteiger partial charge in [0.2, 0.25) is 0 Å². The van der Waals surface area contributed by atoms with Crippen molar-refractivity contribution in [3.8, 4) is 0 Å². The molecule has 1 saturated heterocycles. The van der Waals surface area contributed by atoms with Gasteiger partial charge < -0.3 is 10.4 Å². The van der Waals surface area contributed by atoms with Gasteiger partial charge in [-0.2, -0.15) is 0 Å². The van der Waals surface area contributed by atoms with E-state index in [2.05, 4.69) is 17.1 Å². The minimum Gasteiger partial charge on any atom is -0.480 e. The molecule has 3 atom stereocenters. The molecule has 4 nitrogen and oxygen atoms in total. The maximum atomic E-state index is 11.8. The summed E-state index contributed by atoms with van der Waals surface area (Å²) in [5, 5.41) is 13.0. The summed E-state index contributed by atoms with van der Waals surface area (Å²) in [5.74, 6) is -0.655. The maximum absolute atomic E-state index is 11.8. The lowest BCUT2D eigenvalue weighted by Gasteiger charge is -2.47. The highest BCUT2D eigenvalue weighted by Gasteiger charge is 2.44. The predicted octanol–water partition coefficient (Wildman–Crippen LogP) is 3.02. The number of nitrogens with zero attached hydrogens (tertiary/aromatic N) is 1. The molecule has 0 aromatic carbocycles. The number of hydrogen-bond acceptors (Lipinski definition) is 3. The molecule has 0 radical (unpaired) electrons. The number of carboxylic acids is 1. The molecule has 2 aliphatic rings. The molecule has 0 spiro atoms. The van der Waals surface area contributed by atoms with Crippen LogP contribution in [-0.4, -0.2) is 46.7 Å². The SMILES string of the molecule is CCCC1CCCCN1C1CCCC(NCC)(C(=O)O)C1. The number of nitrogens with one attached hydrogen (secondary N) is 1. The average molecular weight is 296 g/mol. The zero-order valence-corrected chi connectivity index (χ0v) is 13.7. The molecule has 0 bridgehead atoms. The summed E-state index contributed by atoms with van der Waals surface area (Å²) in [6.45, 7) is 6.16. The van der Waals surface area contributed by atoms with Crippen LogP contribution >= 0.6 is 0 Å². The Morgan fingerprint density at radius 2 is 2.10 bits per heavy atom. The van der Waals surface area contributed by atoms with Crippen molar-refractivity contribution in [3.05, 3.63) is 0 Å². The number of rotatable bonds is 6. The topological polar surface area (TPSA) is 52.6 Å². The molecule has 1 saturated carbocycles. The number of aliphatic carboxylic acids is 1. The molecule has 2 N–H and O–H groups in total. The summed E-state index contributed by atoms with van der Waals surface area (Å²) in [7, 11) is 0. The fourth-order valence-corrected chi connectivity index (χ4v) is 4.44. The van der Waals surface area contributed by atoms with Crippen LogP contribution < -0.4 is 5.32 Å². The van der Waals surface area contributed by atoms with E-state index in [0.29, 0.717) is 12.1 Å². The van der Waals surface area contributed by atoms with E-state index >= 15 is 0 Å². The second kappa shape index (κ2) is 7.59. The third kappa shape index (κ3) is 3.78. The highest BCUT2D eigenvalue weighted by atomic mass is 16.4. The quantitative estimate of drug-likeness (QED) is 0.791. The molecule has 3 unspecified atom stereocenters. The molecule has 0 aromatic heterocycles. The van der Waals surface area contributed by atoms with Gasteiger partial charge in [0.05, 0.1) is 0 Å². The number of carboxylic acid groups (broad SMARTS) is 1. The number of carbonyl (C=O) groups is 1. The van der Waals surface area contributed by atoms with Gasteiger partial charge in [-0.05, 0) is 58.0 Å². The van der Waals surface area contributed by atoms with Crippen molar-refractivity contribution >= 4 is 5.97 Å². The molecule has 0 amide bonds. The van der Waals surface area contributed by atoms with Crippen molar-refractivity contribution in [2.75, 3.05) is 13.1 Å². The minimum atomic E-state index is -0.689. The minimum absolute atomic E-state index is 0.450. The molecule has 122 valence electrons. The fourth-order valence-electron chi connectivity index (χ4n) is 4.44. The highest BCUT2D eigenvalue weighted by Crippen LogP contribution is 2.35. The molecule has 21 heavy (non-hydrogen) atoms. The molecule has 1 heterocycles. The van der Waals surface area contributed by atoms with Gasteiger partial charge in [0.25, 0.3) is 0 Å². The summed E-state index contributed by atoms with van der Waals surface area (Å²) in [6, 6.07) is 1.13. The van der Waals surface area contributed by atoms with E-state index in [1.165, 1.54) is 38.5 Å². The van der Waals surface area contributed by atoms with Gasteiger partial charge in [0, 0.05) is 12.1 Å². The first-order chi connectivity index (χ1) is 10.1. The zero-order valence-electron chi connectivity index (χ0n) is 13.7. The Kier molecular flexibility index (Phi) is 6.06. The lowest BCUT2D eigenvalue weighted by atomic mass is 9.77. The first-order valence-electron chi connectivity index (χ1n) is 8.87. The maximum Gasteiger partial charge on any atom is 0.323 e. The van der Waals surface area contributed by atoms with Gasteiger partial charge in [-0.3, -0.25) is 9.69 Å². The van der Waals surface area contributed by atoms with Crippen molar-refractivity contribution in [3.63, 3.8) is 0 Å². The van der Waals surface area contributed by atoms with Crippen molar-refractivity contribution in [1.82, 2.24) is 10.2 Å². The summed E-state index contributed by atoms with van der Waals surface area (Å²) in [4.78, 5) is 14.5. The zero-order chi connectivity index (χ0) is 15.3. The molecule has 1 aliphatic carbocycles. The van der Waals surface area contributed by atoms with Crippen LogP contribution in [0.3, 0.4) is 0 Å². The third-order valence-corrected chi connectivity index (χ3v) is 5.41. The van der Waals surface area contributed by atoms with Crippen LogP contribution in [0.5, 0.6) is 0 Å². The van der Waals surface area contributed by atoms with Gasteiger partial charge in [-0.25, -0.2) is 0 Å². The van der Waals surface area contributed by atoms with Gasteiger partial charge in [-0.15, -0.1) is 0 Å². The van der Waals surface area contributed by atoms with Crippen molar-refractivity contribution in [2.24, 2.45) is 0 Å². The first kappa shape index (κ1) is 16.8. The standard InChI is InChI=1S/C17H32N2O2/c1-3-8-14-9-5-6-12-19(14)15-10-7-11-17(13-15,16(20)21)18-4-2/h14-15,18H,3-13H2,1-2H3,(H,20,21). The van der Waals surface area contributed by atoms with Gasteiger partial charge in [-0.1, -0.05) is 26.7 Å². The average Bonchev–Trinajstić information content (AvgIpc) is 2.48. The normalized spacial score (nSPS) is 34.8. The molecule has 2 fully saturated rings. The lowest BCUT2D eigenvalue weighted by molar-refractivity contribution is -0.147. The summed E-state index contributed by atoms with van der Waals surface area (Å²) >= 11 is 0. The Bertz CT molecular complexity index is 342. The monoisotopic (exact) mass is 296 g/mol. The molecular formula is C17H32N2O2. The molecular weight excluding hydrogens is 264 g/mol. The summed E-state index contributed by atoms with van der Waals surface area (Å²) in [6.07, 6.45) is 10.1. The highest BCUT2D eigenvalue weighted by molar-refractivity contribution is 5.79. The van der Waals surface area contributed by atoms with E-state index in [9.17, 15) is 9.90 Å². The van der Waals surface area contributed by atoms with E-state index in [1.54, 1.807) is 0 Å². The first-order valence-corrected chi connectivity index (χ1v) is 8.87. The van der Waals surface area contributed by atoms with Crippen LogP contribution in [-0.2, 0) is 4.79 Å². The number of piperidine rings is 1. The van der Waals surface area contributed by atoms with E-state index in [0.717, 1.165) is 32.4 Å². The molecule has 0 aromatic rings. The van der Waals surface area contributed by atoms with Crippen LogP contribution in [0.15, 0.2) is 0 Å². The molecule has 4 heteroatoms. The van der Waals surface area contributed by atoms with Crippen LogP contribution in [0, 0.1) is 0 Å². The predicted molar refractivity (Wildman–Crippen MR) is 85.6 cm³/mol. The lowest BCUT2D eigenvalue weighted by Crippen LogP contribution is -2.59. The second-order valence-electron chi connectivity index (χ2n) is 6.84. The van der Waals surface area contributed by atoms with Crippen LogP contribution in [0.4, 0.5) is 0 Å². The number of hydrogen-bond donors (Lipinski definition) is 2. The Hall–Kier alpha value is -0.610. The van der Waals surface area contributed by atoms with Crippen molar-refractivity contribution < 1.29 is 9.90 Å². The van der Waals surface area contributed by atoms with Crippen molar-refractivity contribution in [2.45, 2.75) is 89.3 Å². The largest absolute Gasteiger partial charge is 0.480 e. The smallest absolute Gasteiger partial charge is 0.323 e. The summed E-state index contributed by atoms with van der Waals surface area (Å²) < 4.78 is 0. The number of likely N-dealkylation sites (tertiary alicyclic amines) is 1. The van der Waals surface area contributed by atoms with E-state index in [1.807, 2.05) is 6.92 Å². The second-order valence-corrected chi connectivity index (χ2v) is 6.84. The Labute approximate surface area is 129 Å². The van der Waals surface area contributed by atoms with Crippen LogP contribution in [0.25, 0.3) is 0 Å².